The van der Waals surface area contributed by atoms with Crippen molar-refractivity contribution >= 4 is 16.7 Å². The molecule has 2 atom stereocenters. The first-order valence-corrected chi connectivity index (χ1v) is 6.19. The third-order valence-electron chi connectivity index (χ3n) is 2.03. The van der Waals surface area contributed by atoms with Gasteiger partial charge in [0.2, 0.25) is 5.82 Å². The molecule has 15 heavy (non-hydrogen) atoms. The van der Waals surface area contributed by atoms with Gasteiger partial charge in [-0.05, 0) is 6.42 Å². The van der Waals surface area contributed by atoms with E-state index in [-0.39, 0.29) is 17.0 Å². The van der Waals surface area contributed by atoms with Crippen molar-refractivity contribution in [3.05, 3.63) is 12.2 Å². The molecule has 0 saturated carbocycles. The van der Waals surface area contributed by atoms with Gasteiger partial charge >= 0.3 is 0 Å². The number of carbonyl (C=O) groups excluding carboxylic acids is 1. The Balaban J connectivity index is 2.27. The van der Waals surface area contributed by atoms with E-state index in [0.29, 0.717) is 13.0 Å². The number of hydrogen-bond donors (Lipinski definition) is 2. The largest absolute Gasteiger partial charge is 0.349 e. The summed E-state index contributed by atoms with van der Waals surface area (Å²) in [5, 5.41) is 8.78. The Morgan fingerprint density at radius 1 is 1.73 bits per heavy atom. The van der Waals surface area contributed by atoms with Crippen LogP contribution in [-0.4, -0.2) is 43.3 Å². The first-order valence-electron chi connectivity index (χ1n) is 4.57. The number of aromatic nitrogens is 3. The molecule has 0 aromatic carbocycles. The number of carbonyl (C=O) groups is 1. The van der Waals surface area contributed by atoms with Crippen molar-refractivity contribution in [3.63, 3.8) is 0 Å². The van der Waals surface area contributed by atoms with Crippen molar-refractivity contribution in [2.75, 3.05) is 12.8 Å². The highest BCUT2D eigenvalue weighted by atomic mass is 32.2. The zero-order chi connectivity index (χ0) is 11.3. The highest BCUT2D eigenvalue weighted by Gasteiger charge is 2.09. The van der Waals surface area contributed by atoms with Crippen LogP contribution in [0.25, 0.3) is 0 Å². The highest BCUT2D eigenvalue weighted by molar-refractivity contribution is 7.84. The maximum Gasteiger partial charge on any atom is 0.288 e. The van der Waals surface area contributed by atoms with E-state index in [1.165, 1.54) is 6.33 Å². The molecule has 1 amide bonds. The molecule has 0 spiro atoms. The molecule has 0 aliphatic rings. The van der Waals surface area contributed by atoms with Crippen molar-refractivity contribution in [2.24, 2.45) is 0 Å². The van der Waals surface area contributed by atoms with Gasteiger partial charge in [0.1, 0.15) is 6.33 Å². The Labute approximate surface area is 90.3 Å². The molecule has 0 saturated heterocycles. The van der Waals surface area contributed by atoms with Crippen molar-refractivity contribution in [3.8, 4) is 0 Å². The zero-order valence-electron chi connectivity index (χ0n) is 8.69. The third-order valence-corrected chi connectivity index (χ3v) is 3.40. The second-order valence-electron chi connectivity index (χ2n) is 3.19. The van der Waals surface area contributed by atoms with Gasteiger partial charge in [0.15, 0.2) is 0 Å². The average molecular weight is 230 g/mol. The average Bonchev–Trinajstić information content (AvgIpc) is 2.70. The van der Waals surface area contributed by atoms with Gasteiger partial charge < -0.3 is 5.32 Å². The number of H-pyrrole nitrogens is 1. The summed E-state index contributed by atoms with van der Waals surface area (Å²) in [6.45, 7) is 2.37. The predicted molar refractivity (Wildman–Crippen MR) is 56.9 cm³/mol. The van der Waals surface area contributed by atoms with Gasteiger partial charge in [0.25, 0.3) is 5.91 Å². The van der Waals surface area contributed by atoms with Gasteiger partial charge in [-0.2, -0.15) is 5.10 Å². The summed E-state index contributed by atoms with van der Waals surface area (Å²) in [6, 6.07) is 0. The van der Waals surface area contributed by atoms with E-state index in [0.717, 1.165) is 0 Å². The Hall–Kier alpha value is -1.24. The Kier molecular flexibility index (Phi) is 4.41. The molecule has 6 nitrogen and oxygen atoms in total. The fourth-order valence-corrected chi connectivity index (χ4v) is 1.40. The summed E-state index contributed by atoms with van der Waals surface area (Å²) in [6.07, 6.45) is 3.62. The van der Waals surface area contributed by atoms with E-state index < -0.39 is 10.8 Å². The zero-order valence-corrected chi connectivity index (χ0v) is 9.50. The fourth-order valence-electron chi connectivity index (χ4n) is 0.954. The number of hydrogen-bond acceptors (Lipinski definition) is 4. The van der Waals surface area contributed by atoms with Gasteiger partial charge in [-0.3, -0.25) is 14.1 Å². The van der Waals surface area contributed by atoms with E-state index in [1.807, 2.05) is 6.92 Å². The summed E-state index contributed by atoms with van der Waals surface area (Å²) >= 11 is 0. The van der Waals surface area contributed by atoms with Crippen LogP contribution in [0.3, 0.4) is 0 Å². The molecule has 1 aromatic heterocycles. The van der Waals surface area contributed by atoms with E-state index in [9.17, 15) is 9.00 Å². The summed E-state index contributed by atoms with van der Waals surface area (Å²) in [4.78, 5) is 15.0. The van der Waals surface area contributed by atoms with Crippen LogP contribution in [0.1, 0.15) is 24.0 Å². The monoisotopic (exact) mass is 230 g/mol. The molecular formula is C8H14N4O2S. The predicted octanol–water partition coefficient (Wildman–Crippen LogP) is -0.308. The highest BCUT2D eigenvalue weighted by Crippen LogP contribution is 1.97. The lowest BCUT2D eigenvalue weighted by atomic mass is 10.3. The quantitative estimate of drug-likeness (QED) is 0.726. The normalized spacial score (nSPS) is 14.5. The molecule has 0 aliphatic carbocycles. The molecule has 7 heteroatoms. The van der Waals surface area contributed by atoms with Crippen LogP contribution in [0.5, 0.6) is 0 Å². The van der Waals surface area contributed by atoms with Gasteiger partial charge in [-0.15, -0.1) is 0 Å². The molecule has 84 valence electrons. The molecular weight excluding hydrogens is 216 g/mol. The minimum absolute atomic E-state index is 0.0834. The van der Waals surface area contributed by atoms with Crippen molar-refractivity contribution < 1.29 is 9.00 Å². The smallest absolute Gasteiger partial charge is 0.288 e. The van der Waals surface area contributed by atoms with Gasteiger partial charge in [0, 0.05) is 28.9 Å². The van der Waals surface area contributed by atoms with E-state index in [4.69, 9.17) is 0 Å². The van der Waals surface area contributed by atoms with Crippen LogP contribution in [0.15, 0.2) is 6.33 Å². The van der Waals surface area contributed by atoms with Crippen molar-refractivity contribution in [1.82, 2.24) is 20.5 Å². The lowest BCUT2D eigenvalue weighted by Crippen LogP contribution is -2.28. The molecule has 0 aliphatic heterocycles. The van der Waals surface area contributed by atoms with Crippen molar-refractivity contribution in [1.29, 1.82) is 0 Å². The van der Waals surface area contributed by atoms with Crippen LogP contribution < -0.4 is 5.32 Å². The summed E-state index contributed by atoms with van der Waals surface area (Å²) in [5.74, 6) is -0.0955. The second kappa shape index (κ2) is 5.59. The standard InChI is InChI=1S/C8H14N4O2S/c1-6(15(2)14)3-4-9-8(13)7-10-5-11-12-7/h5-6H,3-4H2,1-2H3,(H,9,13)(H,10,11,12). The minimum Gasteiger partial charge on any atom is -0.349 e. The van der Waals surface area contributed by atoms with Gasteiger partial charge in [0.05, 0.1) is 0 Å². The minimum atomic E-state index is -0.849. The number of nitrogens with one attached hydrogen (secondary N) is 2. The number of nitrogens with zero attached hydrogens (tertiary/aromatic N) is 2. The molecule has 0 radical (unpaired) electrons. The summed E-state index contributed by atoms with van der Waals surface area (Å²) < 4.78 is 11.0. The van der Waals surface area contributed by atoms with Crippen LogP contribution >= 0.6 is 0 Å². The second-order valence-corrected chi connectivity index (χ2v) is 4.99. The van der Waals surface area contributed by atoms with Gasteiger partial charge in [-0.25, -0.2) is 4.98 Å². The molecule has 2 N–H and O–H groups in total. The lowest BCUT2D eigenvalue weighted by molar-refractivity contribution is 0.0943. The molecule has 1 aromatic rings. The number of aromatic amines is 1. The Bertz CT molecular complexity index is 338. The number of amides is 1. The first kappa shape index (κ1) is 11.8. The van der Waals surface area contributed by atoms with Crippen LogP contribution in [0, 0.1) is 0 Å². The maximum atomic E-state index is 11.3. The molecule has 1 rings (SSSR count). The van der Waals surface area contributed by atoms with Crippen LogP contribution in [0.4, 0.5) is 0 Å². The summed E-state index contributed by atoms with van der Waals surface area (Å²) in [7, 11) is -0.849. The first-order chi connectivity index (χ1) is 7.11. The SMILES string of the molecule is CC(CCNC(=O)c1ncn[nH]1)S(C)=O. The Morgan fingerprint density at radius 3 is 3.00 bits per heavy atom. The maximum absolute atomic E-state index is 11.3. The molecule has 2 unspecified atom stereocenters. The topological polar surface area (TPSA) is 87.7 Å². The molecule has 1 heterocycles. The number of rotatable bonds is 5. The van der Waals surface area contributed by atoms with E-state index in [2.05, 4.69) is 20.5 Å². The fraction of sp³-hybridized carbons (Fsp3) is 0.625. The third kappa shape index (κ3) is 3.78. The Morgan fingerprint density at radius 2 is 2.47 bits per heavy atom. The van der Waals surface area contributed by atoms with Crippen LogP contribution in [0.2, 0.25) is 0 Å². The summed E-state index contributed by atoms with van der Waals surface area (Å²) in [5.41, 5.74) is 0. The van der Waals surface area contributed by atoms with Gasteiger partial charge in [-0.1, -0.05) is 6.92 Å². The van der Waals surface area contributed by atoms with Crippen molar-refractivity contribution in [2.45, 2.75) is 18.6 Å². The van der Waals surface area contributed by atoms with E-state index in [1.54, 1.807) is 6.26 Å². The van der Waals surface area contributed by atoms with Crippen LogP contribution in [-0.2, 0) is 10.8 Å². The molecule has 0 fully saturated rings. The molecule has 0 bridgehead atoms. The lowest BCUT2D eigenvalue weighted by Gasteiger charge is -2.07. The van der Waals surface area contributed by atoms with E-state index >= 15 is 0 Å².